The van der Waals surface area contributed by atoms with Crippen LogP contribution in [0.3, 0.4) is 0 Å². The molecule has 7 heteroatoms. The number of carbonyl (C=O) groups is 2. The van der Waals surface area contributed by atoms with E-state index in [9.17, 15) is 19.7 Å². The first-order valence-corrected chi connectivity index (χ1v) is 3.11. The second kappa shape index (κ2) is 4.78. The van der Waals surface area contributed by atoms with E-state index in [1.807, 2.05) is 5.18 Å². The summed E-state index contributed by atoms with van der Waals surface area (Å²) in [7, 11) is 0. The third kappa shape index (κ3) is 3.26. The molecule has 0 heterocycles. The van der Waals surface area contributed by atoms with Crippen LogP contribution in [-0.4, -0.2) is 33.6 Å². The summed E-state index contributed by atoms with van der Waals surface area (Å²) in [5.41, 5.74) is 0. The van der Waals surface area contributed by atoms with Crippen LogP contribution < -0.4 is 0 Å². The molecule has 0 aliphatic rings. The lowest BCUT2D eigenvalue weighted by molar-refractivity contribution is -0.481. The summed E-state index contributed by atoms with van der Waals surface area (Å²) >= 11 is 0. The highest BCUT2D eigenvalue weighted by Crippen LogP contribution is 1.98. The number of rotatable bonds is 4. The molecular formula is C6H6N2O5. The number of hydrogen-bond acceptors (Lipinski definition) is 4. The van der Waals surface area contributed by atoms with Crippen molar-refractivity contribution in [3.63, 3.8) is 0 Å². The van der Waals surface area contributed by atoms with Crippen LogP contribution in [0.5, 0.6) is 0 Å². The molecular weight excluding hydrogens is 180 g/mol. The number of nitroso groups, excluding NO2 is 1. The van der Waals surface area contributed by atoms with Crippen LogP contribution in [0.25, 0.3) is 0 Å². The second-order valence-electron chi connectivity index (χ2n) is 2.03. The molecule has 0 bridgehead atoms. The molecule has 0 aliphatic carbocycles. The van der Waals surface area contributed by atoms with Gasteiger partial charge < -0.3 is 10.3 Å². The average molecular weight is 186 g/mol. The van der Waals surface area contributed by atoms with Gasteiger partial charge in [0, 0.05) is 11.8 Å². The van der Waals surface area contributed by atoms with Gasteiger partial charge in [-0.3, -0.25) is 4.79 Å². The third-order valence-corrected chi connectivity index (χ3v) is 1.19. The van der Waals surface area contributed by atoms with Gasteiger partial charge in [-0.25, -0.2) is 4.79 Å². The average Bonchev–Trinajstić information content (AvgIpc) is 2.11. The standard InChI is InChI=1S/C6H6N2O5/c1-2-8(13)4(6(10)11)3-5(9)7-12/h4H,1,3H2,(H,10,11). The van der Waals surface area contributed by atoms with Gasteiger partial charge in [0.05, 0.1) is 0 Å². The third-order valence-electron chi connectivity index (χ3n) is 1.19. The van der Waals surface area contributed by atoms with Gasteiger partial charge in [0.1, 0.15) is 6.42 Å². The molecule has 0 rings (SSSR count). The largest absolute Gasteiger partial charge is 0.614 e. The van der Waals surface area contributed by atoms with Crippen molar-refractivity contribution in [2.75, 3.05) is 0 Å². The maximum absolute atomic E-state index is 10.7. The van der Waals surface area contributed by atoms with Gasteiger partial charge in [0.2, 0.25) is 0 Å². The topological polar surface area (TPSA) is 110 Å². The summed E-state index contributed by atoms with van der Waals surface area (Å²) in [6.45, 7) is 2.90. The Bertz CT molecular complexity index is 291. The number of aliphatic carboxylic acids is 1. The Balaban J connectivity index is 4.63. The van der Waals surface area contributed by atoms with Crippen LogP contribution >= 0.6 is 0 Å². The number of hydroxylamine groups is 1. The lowest BCUT2D eigenvalue weighted by Crippen LogP contribution is -2.32. The fourth-order valence-corrected chi connectivity index (χ4v) is 0.583. The molecule has 13 heavy (non-hydrogen) atoms. The van der Waals surface area contributed by atoms with Crippen molar-refractivity contribution >= 4 is 17.7 Å². The first kappa shape index (κ1) is 11.0. The van der Waals surface area contributed by atoms with Crippen LogP contribution in [-0.2, 0) is 9.59 Å². The van der Waals surface area contributed by atoms with Crippen LogP contribution in [0.1, 0.15) is 6.42 Å². The number of hydrogen-bond donors (Lipinski definition) is 1. The van der Waals surface area contributed by atoms with E-state index in [0.29, 0.717) is 0 Å². The molecule has 1 N–H and O–H groups in total. The maximum Gasteiger partial charge on any atom is 0.375 e. The lowest BCUT2D eigenvalue weighted by Gasteiger charge is -2.06. The summed E-state index contributed by atoms with van der Waals surface area (Å²) in [6.07, 6.45) is -0.787. The fraction of sp³-hybridized carbons (Fsp3) is 0.333. The predicted octanol–water partition coefficient (Wildman–Crippen LogP) is -0.511. The molecule has 70 valence electrons. The van der Waals surface area contributed by atoms with Gasteiger partial charge >= 0.3 is 5.97 Å². The Morgan fingerprint density at radius 3 is 2.54 bits per heavy atom. The zero-order chi connectivity index (χ0) is 10.4. The van der Waals surface area contributed by atoms with Gasteiger partial charge in [-0.1, -0.05) is 0 Å². The van der Waals surface area contributed by atoms with Crippen molar-refractivity contribution in [3.05, 3.63) is 16.7 Å². The van der Waals surface area contributed by atoms with Gasteiger partial charge in [0.25, 0.3) is 11.9 Å². The molecule has 1 atom stereocenters. The zero-order valence-corrected chi connectivity index (χ0v) is 6.47. The SMILES string of the molecule is C=C=[N+]([O-])C(CC(=O)N=O)C(=O)O. The minimum atomic E-state index is -1.69. The van der Waals surface area contributed by atoms with Crippen LogP contribution in [0.2, 0.25) is 0 Å². The molecule has 0 spiro atoms. The Labute approximate surface area is 72.5 Å². The van der Waals surface area contributed by atoms with Crippen LogP contribution in [0, 0.1) is 10.1 Å². The molecule has 1 amide bonds. The highest BCUT2D eigenvalue weighted by molar-refractivity contribution is 5.84. The predicted molar refractivity (Wildman–Crippen MR) is 41.1 cm³/mol. The van der Waals surface area contributed by atoms with Crippen LogP contribution in [0.4, 0.5) is 0 Å². The van der Waals surface area contributed by atoms with Crippen molar-refractivity contribution < 1.29 is 19.4 Å². The molecule has 7 nitrogen and oxygen atoms in total. The van der Waals surface area contributed by atoms with Crippen molar-refractivity contribution in [3.8, 4) is 0 Å². The van der Waals surface area contributed by atoms with E-state index in [1.165, 1.54) is 0 Å². The molecule has 0 aromatic heterocycles. The van der Waals surface area contributed by atoms with E-state index in [1.54, 1.807) is 5.87 Å². The van der Waals surface area contributed by atoms with E-state index < -0.39 is 24.3 Å². The monoisotopic (exact) mass is 186 g/mol. The first-order valence-electron chi connectivity index (χ1n) is 3.11. The normalized spacial score (nSPS) is 11.1. The number of nitrogens with zero attached hydrogens (tertiary/aromatic N) is 2. The number of carboxylic acids is 1. The summed E-state index contributed by atoms with van der Waals surface area (Å²) < 4.78 is -0.147. The molecule has 0 fully saturated rings. The molecule has 0 aromatic rings. The van der Waals surface area contributed by atoms with E-state index in [-0.39, 0.29) is 4.74 Å². The Morgan fingerprint density at radius 2 is 2.23 bits per heavy atom. The smallest absolute Gasteiger partial charge is 0.375 e. The van der Waals surface area contributed by atoms with Gasteiger partial charge in [-0.2, -0.15) is 0 Å². The number of carboxylic acid groups (broad SMARTS) is 1. The molecule has 0 saturated carbocycles. The number of amides is 1. The zero-order valence-electron chi connectivity index (χ0n) is 6.47. The Kier molecular flexibility index (Phi) is 4.05. The van der Waals surface area contributed by atoms with E-state index in [2.05, 4.69) is 6.58 Å². The Morgan fingerprint density at radius 1 is 1.69 bits per heavy atom. The molecule has 1 unspecified atom stereocenters. The minimum Gasteiger partial charge on any atom is -0.614 e. The summed E-state index contributed by atoms with van der Waals surface area (Å²) in [4.78, 5) is 30.4. The van der Waals surface area contributed by atoms with Crippen molar-refractivity contribution in [2.24, 2.45) is 5.18 Å². The molecule has 0 aliphatic heterocycles. The quantitative estimate of drug-likeness (QED) is 0.209. The fourth-order valence-electron chi connectivity index (χ4n) is 0.583. The van der Waals surface area contributed by atoms with Crippen molar-refractivity contribution in [1.29, 1.82) is 0 Å². The van der Waals surface area contributed by atoms with E-state index >= 15 is 0 Å². The highest BCUT2D eigenvalue weighted by Gasteiger charge is 2.29. The summed E-state index contributed by atoms with van der Waals surface area (Å²) in [5.74, 6) is -1.02. The summed E-state index contributed by atoms with van der Waals surface area (Å²) in [5, 5.41) is 21.0. The van der Waals surface area contributed by atoms with Gasteiger partial charge in [-0.15, -0.1) is 9.65 Å². The van der Waals surface area contributed by atoms with E-state index in [0.717, 1.165) is 0 Å². The van der Waals surface area contributed by atoms with Crippen molar-refractivity contribution in [1.82, 2.24) is 0 Å². The van der Waals surface area contributed by atoms with Crippen molar-refractivity contribution in [2.45, 2.75) is 12.5 Å². The second-order valence-corrected chi connectivity index (χ2v) is 2.03. The Hall–Kier alpha value is -2.01. The molecule has 0 radical (unpaired) electrons. The van der Waals surface area contributed by atoms with Gasteiger partial charge in [-0.05, 0) is 0 Å². The minimum absolute atomic E-state index is 0.147. The lowest BCUT2D eigenvalue weighted by atomic mass is 10.2. The highest BCUT2D eigenvalue weighted by atomic mass is 16.5. The van der Waals surface area contributed by atoms with E-state index in [4.69, 9.17) is 5.11 Å². The number of carbonyl (C=O) groups excluding carboxylic acids is 1. The molecule has 0 aromatic carbocycles. The first-order chi connectivity index (χ1) is 6.02. The summed E-state index contributed by atoms with van der Waals surface area (Å²) in [6, 6.07) is -1.69. The molecule has 0 saturated heterocycles. The maximum atomic E-state index is 10.7. The van der Waals surface area contributed by atoms with Gasteiger partial charge in [0.15, 0.2) is 5.87 Å². The van der Waals surface area contributed by atoms with Crippen LogP contribution in [0.15, 0.2) is 11.8 Å².